The van der Waals surface area contributed by atoms with E-state index in [0.29, 0.717) is 30.3 Å². The fourth-order valence-corrected chi connectivity index (χ4v) is 7.34. The predicted octanol–water partition coefficient (Wildman–Crippen LogP) is 8.77. The quantitative estimate of drug-likeness (QED) is 0.0181. The Bertz CT molecular complexity index is 1390. The number of hydrogen-bond donors (Lipinski definition) is 3. The van der Waals surface area contributed by atoms with Crippen LogP contribution in [0.2, 0.25) is 0 Å². The molecule has 350 valence electrons. The lowest BCUT2D eigenvalue weighted by atomic mass is 9.89. The third-order valence-corrected chi connectivity index (χ3v) is 11.3. The first-order valence-electron chi connectivity index (χ1n) is 22.9. The summed E-state index contributed by atoms with van der Waals surface area (Å²) in [5.74, 6) is -1.80. The standard InChI is InChI=1S/C48H82NO11P/c1-6-8-10-11-12-13-14-15-16-17-18-19-20-21-22-23-24-25-27-33-48(54)60-42(40-59-61(55,56)58-37-36-49(3,4)5)39-57-47(53)32-29-28-31-43-44(46(52)38-45(43)51)35-34-41(50)30-26-9-7-2/h12-13,15-16,18-19,21-22,28-29,34-35,41-46,50-52H,6-11,14,17,20,23-27,30-33,36-40H2,1-5H3/b13-12-,16-15-,19-18-,22-21-,29-28-,35-34+/t41-,42-,43+,44-,45+,46-/m1/s1. The van der Waals surface area contributed by atoms with Crippen LogP contribution in [0.5, 0.6) is 0 Å². The number of carbonyl (C=O) groups excluding carboxylic acids is 2. The zero-order valence-corrected chi connectivity index (χ0v) is 39.1. The van der Waals surface area contributed by atoms with Gasteiger partial charge in [0.2, 0.25) is 0 Å². The number of ether oxygens (including phenoxy) is 2. The average Bonchev–Trinajstić information content (AvgIpc) is 3.47. The molecule has 7 atom stereocenters. The molecule has 0 aromatic heterocycles. The smallest absolute Gasteiger partial charge is 0.309 e. The maximum Gasteiger partial charge on any atom is 0.309 e. The van der Waals surface area contributed by atoms with Crippen molar-refractivity contribution < 1.29 is 57.4 Å². The van der Waals surface area contributed by atoms with E-state index in [0.717, 1.165) is 57.8 Å². The molecule has 0 aromatic carbocycles. The Morgan fingerprint density at radius 1 is 0.754 bits per heavy atom. The highest BCUT2D eigenvalue weighted by Gasteiger charge is 2.39. The fourth-order valence-electron chi connectivity index (χ4n) is 6.61. The molecule has 1 aliphatic rings. The molecule has 3 N–H and O–H groups in total. The number of likely N-dealkylation sites (N-methyl/N-ethyl adjacent to an activating group) is 1. The molecule has 0 aliphatic heterocycles. The molecule has 61 heavy (non-hydrogen) atoms. The van der Waals surface area contributed by atoms with Gasteiger partial charge in [0.1, 0.15) is 19.8 Å². The summed E-state index contributed by atoms with van der Waals surface area (Å²) in [5.41, 5.74) is 0. The zero-order valence-electron chi connectivity index (χ0n) is 38.2. The lowest BCUT2D eigenvalue weighted by Crippen LogP contribution is -2.37. The Balaban J connectivity index is 2.55. The van der Waals surface area contributed by atoms with E-state index >= 15 is 0 Å². The molecule has 12 nitrogen and oxygen atoms in total. The van der Waals surface area contributed by atoms with Crippen molar-refractivity contribution in [2.45, 2.75) is 160 Å². The summed E-state index contributed by atoms with van der Waals surface area (Å²) in [4.78, 5) is 37.8. The molecule has 0 radical (unpaired) electrons. The van der Waals surface area contributed by atoms with Crippen molar-refractivity contribution in [2.24, 2.45) is 11.8 Å². The van der Waals surface area contributed by atoms with E-state index < -0.39 is 57.4 Å². The largest absolute Gasteiger partial charge is 0.756 e. The van der Waals surface area contributed by atoms with Crippen molar-refractivity contribution in [1.29, 1.82) is 0 Å². The second-order valence-corrected chi connectivity index (χ2v) is 18.5. The third kappa shape index (κ3) is 31.8. The van der Waals surface area contributed by atoms with Crippen LogP contribution < -0.4 is 4.89 Å². The van der Waals surface area contributed by atoms with Crippen LogP contribution in [0.1, 0.15) is 136 Å². The maximum atomic E-state index is 12.7. The number of phosphoric acid groups is 1. The summed E-state index contributed by atoms with van der Waals surface area (Å²) in [6.45, 7) is 3.66. The Morgan fingerprint density at radius 3 is 1.98 bits per heavy atom. The number of quaternary nitrogens is 1. The van der Waals surface area contributed by atoms with E-state index in [9.17, 15) is 34.4 Å². The summed E-state index contributed by atoms with van der Waals surface area (Å²) in [6.07, 6.45) is 36.3. The van der Waals surface area contributed by atoms with Gasteiger partial charge in [-0.15, -0.1) is 0 Å². The number of rotatable bonds is 36. The maximum absolute atomic E-state index is 12.7. The van der Waals surface area contributed by atoms with Gasteiger partial charge in [0.15, 0.2) is 6.10 Å². The molecule has 13 heteroatoms. The molecule has 1 saturated carbocycles. The number of allylic oxidation sites excluding steroid dienone is 9. The monoisotopic (exact) mass is 880 g/mol. The van der Waals surface area contributed by atoms with Gasteiger partial charge in [0, 0.05) is 18.8 Å². The van der Waals surface area contributed by atoms with Crippen LogP contribution >= 0.6 is 7.82 Å². The third-order valence-electron chi connectivity index (χ3n) is 10.3. The number of aliphatic hydroxyl groups excluding tert-OH is 3. The van der Waals surface area contributed by atoms with Crippen LogP contribution in [-0.2, 0) is 32.7 Å². The molecular formula is C48H82NO11P. The van der Waals surface area contributed by atoms with Gasteiger partial charge in [0.25, 0.3) is 7.82 Å². The zero-order chi connectivity index (χ0) is 45.2. The molecule has 0 bridgehead atoms. The van der Waals surface area contributed by atoms with Crippen molar-refractivity contribution in [1.82, 2.24) is 0 Å². The first-order valence-corrected chi connectivity index (χ1v) is 24.4. The molecular weight excluding hydrogens is 797 g/mol. The van der Waals surface area contributed by atoms with Gasteiger partial charge in [0.05, 0.1) is 52.5 Å². The molecule has 0 amide bonds. The molecule has 1 rings (SSSR count). The van der Waals surface area contributed by atoms with E-state index in [1.54, 1.807) is 24.3 Å². The molecule has 1 unspecified atom stereocenters. The minimum absolute atomic E-state index is 0.0913. The molecule has 0 saturated heterocycles. The number of nitrogens with zero attached hydrogens (tertiary/aromatic N) is 1. The van der Waals surface area contributed by atoms with Crippen molar-refractivity contribution in [2.75, 3.05) is 47.5 Å². The highest BCUT2D eigenvalue weighted by Crippen LogP contribution is 2.38. The Hall–Kier alpha value is -2.67. The van der Waals surface area contributed by atoms with Gasteiger partial charge in [-0.05, 0) is 70.1 Å². The van der Waals surface area contributed by atoms with Crippen molar-refractivity contribution in [3.63, 3.8) is 0 Å². The first-order chi connectivity index (χ1) is 29.2. The fraction of sp³-hybridized carbons (Fsp3) is 0.708. The minimum Gasteiger partial charge on any atom is -0.756 e. The van der Waals surface area contributed by atoms with Crippen LogP contribution in [0.3, 0.4) is 0 Å². The highest BCUT2D eigenvalue weighted by molar-refractivity contribution is 7.45. The minimum atomic E-state index is -4.72. The van der Waals surface area contributed by atoms with Crippen LogP contribution in [0.4, 0.5) is 0 Å². The normalized spacial score (nSPS) is 20.9. The predicted molar refractivity (Wildman–Crippen MR) is 242 cm³/mol. The van der Waals surface area contributed by atoms with E-state index in [4.69, 9.17) is 18.5 Å². The van der Waals surface area contributed by atoms with Crippen LogP contribution in [0.15, 0.2) is 72.9 Å². The lowest BCUT2D eigenvalue weighted by molar-refractivity contribution is -0.870. The Labute approximate surface area is 368 Å². The number of aliphatic hydroxyl groups is 3. The van der Waals surface area contributed by atoms with E-state index in [-0.39, 0.29) is 37.7 Å². The number of phosphoric ester groups is 1. The summed E-state index contributed by atoms with van der Waals surface area (Å²) in [7, 11) is 0.960. The number of hydrogen-bond acceptors (Lipinski definition) is 11. The summed E-state index contributed by atoms with van der Waals surface area (Å²) < 4.78 is 33.8. The second-order valence-electron chi connectivity index (χ2n) is 17.0. The molecule has 0 spiro atoms. The average molecular weight is 880 g/mol. The van der Waals surface area contributed by atoms with Gasteiger partial charge in [-0.3, -0.25) is 14.2 Å². The van der Waals surface area contributed by atoms with Gasteiger partial charge >= 0.3 is 11.9 Å². The van der Waals surface area contributed by atoms with Crippen molar-refractivity contribution >= 4 is 19.8 Å². The molecule has 1 aliphatic carbocycles. The van der Waals surface area contributed by atoms with Crippen LogP contribution in [-0.4, -0.2) is 104 Å². The molecule has 1 fully saturated rings. The van der Waals surface area contributed by atoms with E-state index in [2.05, 4.69) is 62.5 Å². The van der Waals surface area contributed by atoms with Crippen LogP contribution in [0.25, 0.3) is 0 Å². The van der Waals surface area contributed by atoms with E-state index in [1.165, 1.54) is 25.7 Å². The first kappa shape index (κ1) is 56.3. The van der Waals surface area contributed by atoms with Gasteiger partial charge in [-0.2, -0.15) is 0 Å². The lowest BCUT2D eigenvalue weighted by Gasteiger charge is -2.28. The molecule has 0 aromatic rings. The number of esters is 2. The summed E-state index contributed by atoms with van der Waals surface area (Å²) >= 11 is 0. The van der Waals surface area contributed by atoms with E-state index in [1.807, 2.05) is 21.1 Å². The Kier molecular flexibility index (Phi) is 32.1. The summed E-state index contributed by atoms with van der Waals surface area (Å²) in [5, 5.41) is 31.4. The van der Waals surface area contributed by atoms with Gasteiger partial charge in [-0.25, -0.2) is 0 Å². The van der Waals surface area contributed by atoms with Crippen molar-refractivity contribution in [3.8, 4) is 0 Å². The SMILES string of the molecule is CCCCC/C=C\C/C=C\C/C=C\C/C=C\CCCCCC(=O)O[C@H](COC(=O)C/C=C\C[C@H]1[C@@H](/C=C/[C@H](O)CCCCC)[C@H](O)C[C@@H]1O)COP(=O)([O-])OCC[N+](C)(C)C. The van der Waals surface area contributed by atoms with Gasteiger partial charge < -0.3 is 43.2 Å². The highest BCUT2D eigenvalue weighted by atomic mass is 31.2. The number of carbonyl (C=O) groups is 2. The number of unbranched alkanes of at least 4 members (excludes halogenated alkanes) is 8. The topological polar surface area (TPSA) is 172 Å². The van der Waals surface area contributed by atoms with Crippen LogP contribution in [0, 0.1) is 11.8 Å². The van der Waals surface area contributed by atoms with Crippen molar-refractivity contribution in [3.05, 3.63) is 72.9 Å². The summed E-state index contributed by atoms with van der Waals surface area (Å²) in [6, 6.07) is 0. The second kappa shape index (κ2) is 34.8. The Morgan fingerprint density at radius 2 is 1.36 bits per heavy atom. The molecule has 0 heterocycles. The van der Waals surface area contributed by atoms with Gasteiger partial charge in [-0.1, -0.05) is 125 Å².